The number of hydrogen-bond acceptors (Lipinski definition) is 5. The van der Waals surface area contributed by atoms with Crippen LogP contribution < -0.4 is 5.32 Å². The highest BCUT2D eigenvalue weighted by molar-refractivity contribution is 8.01. The Morgan fingerprint density at radius 3 is 2.96 bits per heavy atom. The molecule has 0 aromatic heterocycles. The molecule has 0 spiro atoms. The Balaban J connectivity index is 1.55. The molecule has 0 unspecified atom stereocenters. The van der Waals surface area contributed by atoms with Crippen LogP contribution in [0.15, 0.2) is 24.3 Å². The van der Waals surface area contributed by atoms with Crippen molar-refractivity contribution in [2.75, 3.05) is 17.7 Å². The second-order valence-corrected chi connectivity index (χ2v) is 7.81. The Kier molecular flexibility index (Phi) is 4.73. The molecule has 1 aromatic rings. The second-order valence-electron chi connectivity index (χ2n) is 5.90. The summed E-state index contributed by atoms with van der Waals surface area (Å²) in [7, 11) is 0. The van der Waals surface area contributed by atoms with Gasteiger partial charge in [-0.25, -0.2) is 4.79 Å². The summed E-state index contributed by atoms with van der Waals surface area (Å²) in [5.41, 5.74) is 0.457. The van der Waals surface area contributed by atoms with Crippen molar-refractivity contribution in [3.8, 4) is 0 Å². The zero-order chi connectivity index (χ0) is 17.3. The number of carbonyl (C=O) groups is 3. The van der Waals surface area contributed by atoms with Crippen molar-refractivity contribution in [3.05, 3.63) is 29.3 Å². The molecule has 2 amide bonds. The summed E-state index contributed by atoms with van der Waals surface area (Å²) in [6.07, 6.45) is 1.17. The monoisotopic (exact) mass is 368 g/mol. The van der Waals surface area contributed by atoms with E-state index in [1.54, 1.807) is 40.9 Å². The van der Waals surface area contributed by atoms with Gasteiger partial charge in [-0.05, 0) is 25.5 Å². The van der Waals surface area contributed by atoms with Crippen molar-refractivity contribution >= 4 is 46.8 Å². The predicted molar refractivity (Wildman–Crippen MR) is 91.8 cm³/mol. The van der Waals surface area contributed by atoms with E-state index < -0.39 is 24.5 Å². The van der Waals surface area contributed by atoms with Crippen LogP contribution in [-0.2, 0) is 19.1 Å². The van der Waals surface area contributed by atoms with Gasteiger partial charge in [0, 0.05) is 12.2 Å². The number of halogens is 1. The number of thioether (sulfide) groups is 1. The smallest absolute Gasteiger partial charge is 0.330 e. The highest BCUT2D eigenvalue weighted by Gasteiger charge is 2.53. The lowest BCUT2D eigenvalue weighted by atomic mass is 10.2. The first-order valence-corrected chi connectivity index (χ1v) is 8.94. The number of rotatable bonds is 4. The summed E-state index contributed by atoms with van der Waals surface area (Å²) in [6.45, 7) is 1.55. The number of ether oxygens (including phenoxy) is 1. The van der Waals surface area contributed by atoms with Gasteiger partial charge in [-0.15, -0.1) is 11.8 Å². The predicted octanol–water partition coefficient (Wildman–Crippen LogP) is 2.28. The molecule has 3 rings (SSSR count). The molecule has 2 atom stereocenters. The zero-order valence-corrected chi connectivity index (χ0v) is 14.7. The highest BCUT2D eigenvalue weighted by Crippen LogP contribution is 2.47. The molecule has 0 bridgehead atoms. The molecule has 24 heavy (non-hydrogen) atoms. The Labute approximate surface area is 148 Å². The Hall–Kier alpha value is -1.73. The maximum absolute atomic E-state index is 12.3. The van der Waals surface area contributed by atoms with E-state index in [9.17, 15) is 14.4 Å². The van der Waals surface area contributed by atoms with Gasteiger partial charge in [-0.3, -0.25) is 9.59 Å². The highest BCUT2D eigenvalue weighted by atomic mass is 35.5. The number of nitrogens with one attached hydrogen (secondary N) is 1. The van der Waals surface area contributed by atoms with Gasteiger partial charge in [-0.2, -0.15) is 0 Å². The molecule has 8 heteroatoms. The van der Waals surface area contributed by atoms with Crippen LogP contribution in [0.25, 0.3) is 0 Å². The number of nitrogens with zero attached hydrogens (tertiary/aromatic N) is 1. The number of hydrogen-bond donors (Lipinski definition) is 1. The summed E-state index contributed by atoms with van der Waals surface area (Å²) in [5, 5.41) is 2.99. The van der Waals surface area contributed by atoms with E-state index in [-0.39, 0.29) is 10.8 Å². The van der Waals surface area contributed by atoms with Crippen LogP contribution >= 0.6 is 23.4 Å². The van der Waals surface area contributed by atoms with E-state index in [1.165, 1.54) is 0 Å². The average Bonchev–Trinajstić information content (AvgIpc) is 3.04. The largest absolute Gasteiger partial charge is 0.454 e. The number of carbonyl (C=O) groups excluding carboxylic acids is 3. The molecule has 2 aliphatic heterocycles. The minimum atomic E-state index is -0.622. The van der Waals surface area contributed by atoms with E-state index in [4.69, 9.17) is 16.3 Å². The van der Waals surface area contributed by atoms with Crippen LogP contribution in [0.1, 0.15) is 19.8 Å². The summed E-state index contributed by atoms with van der Waals surface area (Å²) < 4.78 is 5.10. The molecule has 2 fully saturated rings. The van der Waals surface area contributed by atoms with E-state index in [0.717, 1.165) is 6.42 Å². The molecule has 1 N–H and O–H groups in total. The van der Waals surface area contributed by atoms with Gasteiger partial charge in [0.05, 0.1) is 15.6 Å². The number of esters is 1. The van der Waals surface area contributed by atoms with Gasteiger partial charge in [0.15, 0.2) is 6.61 Å². The molecule has 1 aromatic carbocycles. The van der Waals surface area contributed by atoms with Gasteiger partial charge in [-0.1, -0.05) is 23.7 Å². The number of amides is 2. The lowest BCUT2D eigenvalue weighted by Gasteiger charge is -2.29. The van der Waals surface area contributed by atoms with Crippen molar-refractivity contribution in [1.82, 2.24) is 4.90 Å². The Bertz CT molecular complexity index is 698. The quantitative estimate of drug-likeness (QED) is 0.825. The summed E-state index contributed by atoms with van der Waals surface area (Å²) in [5.74, 6) is -0.564. The molecule has 128 valence electrons. The van der Waals surface area contributed by atoms with Crippen LogP contribution in [0.5, 0.6) is 0 Å². The molecule has 2 heterocycles. The molecule has 2 aliphatic rings. The third-order valence-electron chi connectivity index (χ3n) is 4.21. The third-order valence-corrected chi connectivity index (χ3v) is 6.05. The van der Waals surface area contributed by atoms with E-state index in [2.05, 4.69) is 5.32 Å². The van der Waals surface area contributed by atoms with Gasteiger partial charge < -0.3 is 15.0 Å². The molecule has 0 radical (unpaired) electrons. The van der Waals surface area contributed by atoms with Crippen LogP contribution in [0.4, 0.5) is 5.69 Å². The second kappa shape index (κ2) is 6.64. The fraction of sp³-hybridized carbons (Fsp3) is 0.438. The van der Waals surface area contributed by atoms with Crippen molar-refractivity contribution < 1.29 is 19.1 Å². The van der Waals surface area contributed by atoms with E-state index in [0.29, 0.717) is 22.9 Å². The third kappa shape index (κ3) is 3.23. The molecule has 2 saturated heterocycles. The maximum Gasteiger partial charge on any atom is 0.330 e. The minimum absolute atomic E-state index is 0.0371. The summed E-state index contributed by atoms with van der Waals surface area (Å²) in [6, 6.07) is 6.18. The van der Waals surface area contributed by atoms with Gasteiger partial charge in [0.25, 0.3) is 5.91 Å². The summed E-state index contributed by atoms with van der Waals surface area (Å²) >= 11 is 7.54. The molecule has 0 aliphatic carbocycles. The molecule has 0 saturated carbocycles. The standard InChI is InChI=1S/C16H17ClN2O4S/c1-16-7-6-14(21)19(16)12(9-24-16)15(22)23-8-13(20)18-11-5-3-2-4-10(11)17/h2-5,12H,6-9H2,1H3,(H,18,20)/t12-,16-/m1/s1. The van der Waals surface area contributed by atoms with Gasteiger partial charge in [0.1, 0.15) is 6.04 Å². The first-order valence-electron chi connectivity index (χ1n) is 7.58. The number of benzene rings is 1. The fourth-order valence-corrected chi connectivity index (χ4v) is 4.58. The summed E-state index contributed by atoms with van der Waals surface area (Å²) in [4.78, 5) is 37.4. The van der Waals surface area contributed by atoms with E-state index in [1.807, 2.05) is 6.92 Å². The van der Waals surface area contributed by atoms with E-state index >= 15 is 0 Å². The number of fused-ring (bicyclic) bond motifs is 1. The van der Waals surface area contributed by atoms with Crippen LogP contribution in [-0.4, -0.2) is 46.0 Å². The van der Waals surface area contributed by atoms with Crippen molar-refractivity contribution in [2.45, 2.75) is 30.7 Å². The number of anilines is 1. The lowest BCUT2D eigenvalue weighted by Crippen LogP contribution is -2.47. The molecular weight excluding hydrogens is 352 g/mol. The Morgan fingerprint density at radius 1 is 1.46 bits per heavy atom. The van der Waals surface area contributed by atoms with Gasteiger partial charge in [0.2, 0.25) is 5.91 Å². The molecule has 6 nitrogen and oxygen atoms in total. The topological polar surface area (TPSA) is 75.7 Å². The first kappa shape index (κ1) is 17.1. The number of para-hydroxylation sites is 1. The maximum atomic E-state index is 12.3. The van der Waals surface area contributed by atoms with Crippen LogP contribution in [0.3, 0.4) is 0 Å². The van der Waals surface area contributed by atoms with Crippen molar-refractivity contribution in [3.63, 3.8) is 0 Å². The lowest BCUT2D eigenvalue weighted by molar-refractivity contribution is -0.155. The average molecular weight is 369 g/mol. The normalized spacial score (nSPS) is 25.5. The first-order chi connectivity index (χ1) is 11.4. The van der Waals surface area contributed by atoms with Crippen molar-refractivity contribution in [1.29, 1.82) is 0 Å². The molecular formula is C16H17ClN2O4S. The van der Waals surface area contributed by atoms with Crippen LogP contribution in [0.2, 0.25) is 5.02 Å². The van der Waals surface area contributed by atoms with Gasteiger partial charge >= 0.3 is 5.97 Å². The SMILES string of the molecule is C[C@@]12CCC(=O)N1[C@@H](C(=O)OCC(=O)Nc1ccccc1Cl)CS2. The Morgan fingerprint density at radius 2 is 2.21 bits per heavy atom. The van der Waals surface area contributed by atoms with Crippen LogP contribution in [0, 0.1) is 0 Å². The minimum Gasteiger partial charge on any atom is -0.454 e. The van der Waals surface area contributed by atoms with Crippen molar-refractivity contribution in [2.24, 2.45) is 0 Å². The fourth-order valence-electron chi connectivity index (χ4n) is 2.98. The zero-order valence-electron chi connectivity index (χ0n) is 13.1.